The predicted molar refractivity (Wildman–Crippen MR) is 84.5 cm³/mol. The zero-order valence-electron chi connectivity index (χ0n) is 11.8. The number of hydroxylamine groups is 1. The molecule has 6 heteroatoms. The highest BCUT2D eigenvalue weighted by atomic mass is 35.5. The summed E-state index contributed by atoms with van der Waals surface area (Å²) in [6.45, 7) is 0. The van der Waals surface area contributed by atoms with Crippen LogP contribution in [-0.4, -0.2) is 33.3 Å². The first-order valence-corrected chi connectivity index (χ1v) is 7.42. The Morgan fingerprint density at radius 2 is 2.14 bits per heavy atom. The van der Waals surface area contributed by atoms with Gasteiger partial charge in [0.05, 0.1) is 12.0 Å². The lowest BCUT2D eigenvalue weighted by molar-refractivity contribution is -0.134. The molecule has 3 rings (SSSR count). The first-order valence-electron chi connectivity index (χ1n) is 7.04. The maximum absolute atomic E-state index is 12.1. The van der Waals surface area contributed by atoms with Gasteiger partial charge in [-0.15, -0.1) is 0 Å². The molecule has 0 saturated carbocycles. The Bertz CT molecular complexity index is 642. The molecule has 0 bridgehead atoms. The Labute approximate surface area is 133 Å². The largest absolute Gasteiger partial charge is 0.358 e. The van der Waals surface area contributed by atoms with Crippen LogP contribution in [0.15, 0.2) is 59.9 Å². The average molecular weight is 318 g/mol. The predicted octanol–water partition coefficient (Wildman–Crippen LogP) is 2.08. The van der Waals surface area contributed by atoms with E-state index in [4.69, 9.17) is 16.8 Å². The van der Waals surface area contributed by atoms with E-state index in [1.807, 2.05) is 53.6 Å². The summed E-state index contributed by atoms with van der Waals surface area (Å²) in [5.41, 5.74) is 2.79. The smallest absolute Gasteiger partial charge is 0.266 e. The Morgan fingerprint density at radius 3 is 2.86 bits per heavy atom. The van der Waals surface area contributed by atoms with Crippen molar-refractivity contribution in [3.05, 3.63) is 60.4 Å². The van der Waals surface area contributed by atoms with E-state index in [1.165, 1.54) is 0 Å². The molecule has 2 heterocycles. The van der Waals surface area contributed by atoms with Gasteiger partial charge in [-0.2, -0.15) is 0 Å². The third-order valence-corrected chi connectivity index (χ3v) is 4.33. The molecule has 3 unspecified atom stereocenters. The van der Waals surface area contributed by atoms with Crippen molar-refractivity contribution in [2.45, 2.75) is 18.5 Å². The van der Waals surface area contributed by atoms with Crippen LogP contribution in [0.5, 0.6) is 0 Å². The van der Waals surface area contributed by atoms with Gasteiger partial charge in [-0.1, -0.05) is 48.0 Å². The highest BCUT2D eigenvalue weighted by Gasteiger charge is 2.38. The molecule has 0 aromatic heterocycles. The lowest BCUT2D eigenvalue weighted by Gasteiger charge is -2.34. The van der Waals surface area contributed by atoms with E-state index in [1.54, 1.807) is 11.7 Å². The monoisotopic (exact) mass is 317 g/mol. The average Bonchev–Trinajstić information content (AvgIpc) is 2.98. The van der Waals surface area contributed by atoms with Gasteiger partial charge in [-0.3, -0.25) is 10.0 Å². The fourth-order valence-electron chi connectivity index (χ4n) is 2.88. The Balaban J connectivity index is 1.85. The number of carbonyl (C=O) groups excluding carboxylic acids is 1. The van der Waals surface area contributed by atoms with Gasteiger partial charge in [0.1, 0.15) is 11.2 Å². The van der Waals surface area contributed by atoms with Crippen molar-refractivity contribution in [2.75, 3.05) is 0 Å². The maximum atomic E-state index is 12.1. The lowest BCUT2D eigenvalue weighted by atomic mass is 9.98. The summed E-state index contributed by atoms with van der Waals surface area (Å²) in [4.78, 5) is 18.1. The summed E-state index contributed by atoms with van der Waals surface area (Å²) in [6.07, 6.45) is 7.84. The van der Waals surface area contributed by atoms with Crippen LogP contribution in [0.25, 0.3) is 0 Å². The Morgan fingerprint density at radius 1 is 1.36 bits per heavy atom. The molecule has 1 aromatic rings. The minimum atomic E-state index is -0.522. The van der Waals surface area contributed by atoms with Crippen LogP contribution in [0.1, 0.15) is 5.56 Å². The van der Waals surface area contributed by atoms with Crippen LogP contribution in [0.3, 0.4) is 0 Å². The molecule has 114 valence electrons. The van der Waals surface area contributed by atoms with E-state index in [0.29, 0.717) is 11.6 Å². The first-order chi connectivity index (χ1) is 10.7. The van der Waals surface area contributed by atoms with Crippen molar-refractivity contribution in [3.8, 4) is 0 Å². The molecule has 5 nitrogen and oxygen atoms in total. The number of benzene rings is 1. The van der Waals surface area contributed by atoms with Gasteiger partial charge in [-0.05, 0) is 17.8 Å². The molecule has 0 spiro atoms. The Kier molecular flexibility index (Phi) is 4.27. The summed E-state index contributed by atoms with van der Waals surface area (Å²) in [5, 5.41) is 9.58. The summed E-state index contributed by atoms with van der Waals surface area (Å²) in [7, 11) is 0. The van der Waals surface area contributed by atoms with E-state index in [0.717, 1.165) is 5.56 Å². The molecule has 2 aliphatic heterocycles. The second-order valence-electron chi connectivity index (χ2n) is 5.28. The molecule has 22 heavy (non-hydrogen) atoms. The molecule has 0 saturated heterocycles. The van der Waals surface area contributed by atoms with E-state index in [2.05, 4.69) is 4.99 Å². The third-order valence-electron chi connectivity index (χ3n) is 3.98. The normalized spacial score (nSPS) is 23.9. The van der Waals surface area contributed by atoms with Crippen LogP contribution in [0.4, 0.5) is 0 Å². The zero-order valence-corrected chi connectivity index (χ0v) is 12.5. The highest BCUT2D eigenvalue weighted by Crippen LogP contribution is 2.30. The Hall–Kier alpha value is -2.11. The number of carbonyl (C=O) groups is 1. The summed E-state index contributed by atoms with van der Waals surface area (Å²) >= 11 is 6.13. The zero-order chi connectivity index (χ0) is 15.5. The van der Waals surface area contributed by atoms with E-state index in [-0.39, 0.29) is 12.0 Å². The molecule has 1 aromatic carbocycles. The summed E-state index contributed by atoms with van der Waals surface area (Å²) in [6, 6.07) is 9.12. The SMILES string of the molecule is O=C(NO)C(Cc1ccccc1)N1C=CC2C(Cl)=NC=CC21. The van der Waals surface area contributed by atoms with E-state index in [9.17, 15) is 4.79 Å². The number of nitrogens with zero attached hydrogens (tertiary/aromatic N) is 2. The lowest BCUT2D eigenvalue weighted by Crippen LogP contribution is -2.49. The molecule has 1 amide bonds. The van der Waals surface area contributed by atoms with Crippen molar-refractivity contribution < 1.29 is 10.0 Å². The number of hydrogen-bond donors (Lipinski definition) is 2. The number of nitrogens with one attached hydrogen (secondary N) is 1. The van der Waals surface area contributed by atoms with Gasteiger partial charge in [0.25, 0.3) is 5.91 Å². The molecule has 2 N–H and O–H groups in total. The number of halogens is 1. The second kappa shape index (κ2) is 6.34. The molecule has 0 aliphatic carbocycles. The molecule has 0 fully saturated rings. The number of rotatable bonds is 4. The fraction of sp³-hybridized carbons (Fsp3) is 0.250. The first kappa shape index (κ1) is 14.8. The van der Waals surface area contributed by atoms with Crippen molar-refractivity contribution in [3.63, 3.8) is 0 Å². The summed E-state index contributed by atoms with van der Waals surface area (Å²) < 4.78 is 0. The van der Waals surface area contributed by atoms with Crippen LogP contribution in [0.2, 0.25) is 0 Å². The van der Waals surface area contributed by atoms with E-state index < -0.39 is 11.9 Å². The molecular formula is C16H16ClN3O2. The van der Waals surface area contributed by atoms with Gasteiger partial charge < -0.3 is 4.90 Å². The number of fused-ring (bicyclic) bond motifs is 1. The van der Waals surface area contributed by atoms with Crippen molar-refractivity contribution in [1.82, 2.24) is 10.4 Å². The molecule has 3 atom stereocenters. The maximum Gasteiger partial charge on any atom is 0.266 e. The van der Waals surface area contributed by atoms with Crippen LogP contribution in [0, 0.1) is 5.92 Å². The van der Waals surface area contributed by atoms with Crippen LogP contribution in [-0.2, 0) is 11.2 Å². The standard InChI is InChI=1S/C16H16ClN3O2/c17-15-12-7-9-20(13(12)6-8-18-15)14(16(21)19-22)10-11-4-2-1-3-5-11/h1-9,12-14,22H,10H2,(H,19,21). The minimum absolute atomic E-state index is 0.0450. The van der Waals surface area contributed by atoms with E-state index >= 15 is 0 Å². The minimum Gasteiger partial charge on any atom is -0.358 e. The molecule has 2 aliphatic rings. The second-order valence-corrected chi connectivity index (χ2v) is 5.67. The molecular weight excluding hydrogens is 302 g/mol. The highest BCUT2D eigenvalue weighted by molar-refractivity contribution is 6.66. The quantitative estimate of drug-likeness (QED) is 0.660. The summed E-state index contributed by atoms with van der Waals surface area (Å²) in [5.74, 6) is -0.488. The van der Waals surface area contributed by atoms with Crippen molar-refractivity contribution in [1.29, 1.82) is 0 Å². The number of hydrogen-bond acceptors (Lipinski definition) is 4. The molecule has 0 radical (unpaired) electrons. The van der Waals surface area contributed by atoms with Crippen LogP contribution >= 0.6 is 11.6 Å². The third kappa shape index (κ3) is 2.77. The van der Waals surface area contributed by atoms with Gasteiger partial charge in [0, 0.05) is 12.6 Å². The van der Waals surface area contributed by atoms with Crippen molar-refractivity contribution in [2.24, 2.45) is 10.9 Å². The van der Waals surface area contributed by atoms with Gasteiger partial charge in [0.2, 0.25) is 0 Å². The van der Waals surface area contributed by atoms with Gasteiger partial charge in [-0.25, -0.2) is 10.5 Å². The number of amides is 1. The topological polar surface area (TPSA) is 64.9 Å². The van der Waals surface area contributed by atoms with Crippen molar-refractivity contribution >= 4 is 22.7 Å². The van der Waals surface area contributed by atoms with Gasteiger partial charge in [0.15, 0.2) is 0 Å². The number of aliphatic imine (C=N–C) groups is 1. The fourth-order valence-corrected chi connectivity index (χ4v) is 3.13. The van der Waals surface area contributed by atoms with Gasteiger partial charge >= 0.3 is 0 Å². The van der Waals surface area contributed by atoms with Crippen LogP contribution < -0.4 is 5.48 Å².